The lowest BCUT2D eigenvalue weighted by atomic mass is 9.99. The highest BCUT2D eigenvalue weighted by atomic mass is 16.3. The number of aliphatic hydroxyl groups is 1. The number of hydrogen-bond donors (Lipinski definition) is 1. The molecule has 1 saturated heterocycles. The topological polar surface area (TPSA) is 61.6 Å². The average Bonchev–Trinajstić information content (AvgIpc) is 3.08. The van der Waals surface area contributed by atoms with Crippen LogP contribution in [0.1, 0.15) is 37.5 Å². The molecule has 6 heteroatoms. The molecule has 1 N–H and O–H groups in total. The van der Waals surface area contributed by atoms with Crippen LogP contribution in [0.5, 0.6) is 0 Å². The normalized spacial score (nSPS) is 26.2. The average molecular weight is 292 g/mol. The van der Waals surface area contributed by atoms with Crippen molar-refractivity contribution in [1.29, 1.82) is 0 Å². The highest BCUT2D eigenvalue weighted by molar-refractivity contribution is 5.85. The van der Waals surface area contributed by atoms with Gasteiger partial charge in [-0.05, 0) is 32.7 Å². The molecule has 0 unspecified atom stereocenters. The second kappa shape index (κ2) is 5.42. The molecule has 3 rings (SSSR count). The van der Waals surface area contributed by atoms with Crippen molar-refractivity contribution < 1.29 is 9.90 Å². The largest absolute Gasteiger partial charge is 0.380 e. The number of likely N-dealkylation sites (N-methyl/N-ethyl adjacent to an activating group) is 1. The summed E-state index contributed by atoms with van der Waals surface area (Å²) in [6.45, 7) is 2.08. The Hall–Kier alpha value is -1.40. The van der Waals surface area contributed by atoms with Crippen molar-refractivity contribution in [2.75, 3.05) is 26.7 Å². The minimum absolute atomic E-state index is 0.0905. The van der Waals surface area contributed by atoms with E-state index < -0.39 is 5.60 Å². The van der Waals surface area contributed by atoms with Gasteiger partial charge in [-0.25, -0.2) is 4.98 Å². The van der Waals surface area contributed by atoms with Gasteiger partial charge < -0.3 is 14.6 Å². The maximum absolute atomic E-state index is 12.7. The number of aromatic nitrogens is 2. The van der Waals surface area contributed by atoms with Gasteiger partial charge in [0.25, 0.3) is 5.91 Å². The van der Waals surface area contributed by atoms with Crippen molar-refractivity contribution in [3.63, 3.8) is 0 Å². The van der Waals surface area contributed by atoms with Crippen LogP contribution < -0.4 is 0 Å². The molecule has 2 fully saturated rings. The van der Waals surface area contributed by atoms with Crippen LogP contribution in [0.3, 0.4) is 0 Å². The van der Waals surface area contributed by atoms with Gasteiger partial charge in [0, 0.05) is 39.1 Å². The monoisotopic (exact) mass is 292 g/mol. The number of imidazole rings is 1. The predicted octanol–water partition coefficient (Wildman–Crippen LogP) is 0.540. The summed E-state index contributed by atoms with van der Waals surface area (Å²) >= 11 is 0. The molecule has 0 bridgehead atoms. The van der Waals surface area contributed by atoms with E-state index >= 15 is 0 Å². The van der Waals surface area contributed by atoms with Gasteiger partial charge in [0.05, 0.1) is 6.04 Å². The zero-order valence-corrected chi connectivity index (χ0v) is 12.8. The summed E-state index contributed by atoms with van der Waals surface area (Å²) in [4.78, 5) is 21.1. The van der Waals surface area contributed by atoms with E-state index in [2.05, 4.69) is 16.9 Å². The third-order valence-electron chi connectivity index (χ3n) is 4.92. The Balaban J connectivity index is 1.77. The van der Waals surface area contributed by atoms with Gasteiger partial charge in [-0.15, -0.1) is 0 Å². The number of amides is 1. The van der Waals surface area contributed by atoms with Crippen LogP contribution in [0.15, 0.2) is 12.4 Å². The molecule has 6 nitrogen and oxygen atoms in total. The third kappa shape index (κ3) is 2.58. The van der Waals surface area contributed by atoms with Gasteiger partial charge in [0.1, 0.15) is 11.4 Å². The Labute approximate surface area is 125 Å². The lowest BCUT2D eigenvalue weighted by molar-refractivity contribution is -0.153. The Morgan fingerprint density at radius 3 is 2.67 bits per heavy atom. The molecule has 1 saturated carbocycles. The van der Waals surface area contributed by atoms with E-state index in [4.69, 9.17) is 0 Å². The van der Waals surface area contributed by atoms with Crippen LogP contribution in [0, 0.1) is 0 Å². The molecule has 1 aromatic rings. The summed E-state index contributed by atoms with van der Waals surface area (Å²) in [6.07, 6.45) is 6.80. The second-order valence-corrected chi connectivity index (χ2v) is 6.38. The van der Waals surface area contributed by atoms with Gasteiger partial charge in [0.15, 0.2) is 0 Å². The predicted molar refractivity (Wildman–Crippen MR) is 78.6 cm³/mol. The van der Waals surface area contributed by atoms with Gasteiger partial charge in [-0.3, -0.25) is 9.69 Å². The van der Waals surface area contributed by atoms with Gasteiger partial charge in [-0.1, -0.05) is 0 Å². The highest BCUT2D eigenvalue weighted by Crippen LogP contribution is 2.33. The van der Waals surface area contributed by atoms with E-state index in [1.165, 1.54) is 0 Å². The first-order valence-corrected chi connectivity index (χ1v) is 7.70. The number of rotatable bonds is 2. The molecule has 1 amide bonds. The molecule has 1 aliphatic carbocycles. The highest BCUT2D eigenvalue weighted by Gasteiger charge is 2.43. The van der Waals surface area contributed by atoms with Crippen LogP contribution in [-0.2, 0) is 11.8 Å². The van der Waals surface area contributed by atoms with Crippen LogP contribution in [0.25, 0.3) is 0 Å². The molecular weight excluding hydrogens is 268 g/mol. The number of carbonyl (C=O) groups excluding carboxylic acids is 1. The van der Waals surface area contributed by atoms with E-state index in [1.807, 2.05) is 22.7 Å². The second-order valence-electron chi connectivity index (χ2n) is 6.38. The summed E-state index contributed by atoms with van der Waals surface area (Å²) in [5.41, 5.74) is -1.12. The van der Waals surface area contributed by atoms with Crippen LogP contribution in [0.4, 0.5) is 0 Å². The van der Waals surface area contributed by atoms with Crippen molar-refractivity contribution in [2.24, 2.45) is 7.05 Å². The fourth-order valence-electron chi connectivity index (χ4n) is 3.50. The molecule has 1 atom stereocenters. The Morgan fingerprint density at radius 1 is 1.33 bits per heavy atom. The molecule has 0 radical (unpaired) electrons. The summed E-state index contributed by atoms with van der Waals surface area (Å²) in [5, 5.41) is 10.5. The first kappa shape index (κ1) is 14.5. The van der Waals surface area contributed by atoms with Gasteiger partial charge >= 0.3 is 0 Å². The first-order chi connectivity index (χ1) is 10.0. The molecule has 1 aromatic heterocycles. The summed E-state index contributed by atoms with van der Waals surface area (Å²) in [5.74, 6) is 0.876. The van der Waals surface area contributed by atoms with Crippen LogP contribution in [0.2, 0.25) is 0 Å². The molecule has 0 aromatic carbocycles. The zero-order valence-electron chi connectivity index (χ0n) is 12.8. The van der Waals surface area contributed by atoms with E-state index in [0.717, 1.165) is 25.2 Å². The van der Waals surface area contributed by atoms with Gasteiger partial charge in [-0.2, -0.15) is 0 Å². The smallest absolute Gasteiger partial charge is 0.254 e. The van der Waals surface area contributed by atoms with Crippen molar-refractivity contribution in [3.8, 4) is 0 Å². The SMILES string of the molecule is CN1CCN(C(=O)C2(O)CCCC2)C[C@H]1c1nccn1C. The van der Waals surface area contributed by atoms with Crippen molar-refractivity contribution >= 4 is 5.91 Å². The van der Waals surface area contributed by atoms with Gasteiger partial charge in [0.2, 0.25) is 0 Å². The molecule has 21 heavy (non-hydrogen) atoms. The number of nitrogens with zero attached hydrogens (tertiary/aromatic N) is 4. The van der Waals surface area contributed by atoms with E-state index in [9.17, 15) is 9.90 Å². The molecular formula is C15H24N4O2. The van der Waals surface area contributed by atoms with E-state index in [-0.39, 0.29) is 11.9 Å². The minimum Gasteiger partial charge on any atom is -0.380 e. The molecule has 116 valence electrons. The standard InChI is InChI=1S/C15H24N4O2/c1-17-9-10-19(14(20)15(21)5-3-4-6-15)11-12(17)13-16-7-8-18(13)2/h7-8,12,21H,3-6,9-11H2,1-2H3/t12-/m0/s1. The Kier molecular flexibility index (Phi) is 3.75. The minimum atomic E-state index is -1.12. The molecule has 0 spiro atoms. The number of aryl methyl sites for hydroxylation is 1. The molecule has 2 aliphatic rings. The van der Waals surface area contributed by atoms with E-state index in [1.54, 1.807) is 6.20 Å². The van der Waals surface area contributed by atoms with Crippen molar-refractivity contribution in [2.45, 2.75) is 37.3 Å². The third-order valence-corrected chi connectivity index (χ3v) is 4.92. The van der Waals surface area contributed by atoms with Crippen LogP contribution in [-0.4, -0.2) is 62.6 Å². The summed E-state index contributed by atoms with van der Waals surface area (Å²) < 4.78 is 2.00. The molecule has 2 heterocycles. The summed E-state index contributed by atoms with van der Waals surface area (Å²) in [6, 6.07) is 0.0905. The Morgan fingerprint density at radius 2 is 2.05 bits per heavy atom. The summed E-state index contributed by atoms with van der Waals surface area (Å²) in [7, 11) is 4.03. The maximum Gasteiger partial charge on any atom is 0.254 e. The lowest BCUT2D eigenvalue weighted by Gasteiger charge is -2.41. The quantitative estimate of drug-likeness (QED) is 0.864. The first-order valence-electron chi connectivity index (χ1n) is 7.70. The zero-order chi connectivity index (χ0) is 15.0. The number of carbonyl (C=O) groups is 1. The lowest BCUT2D eigenvalue weighted by Crippen LogP contribution is -2.55. The van der Waals surface area contributed by atoms with Crippen molar-refractivity contribution in [3.05, 3.63) is 18.2 Å². The number of piperazine rings is 1. The maximum atomic E-state index is 12.7. The number of hydrogen-bond acceptors (Lipinski definition) is 4. The Bertz CT molecular complexity index is 521. The fraction of sp³-hybridized carbons (Fsp3) is 0.733. The fourth-order valence-corrected chi connectivity index (χ4v) is 3.50. The van der Waals surface area contributed by atoms with Crippen molar-refractivity contribution in [1.82, 2.24) is 19.4 Å². The molecule has 1 aliphatic heterocycles. The van der Waals surface area contributed by atoms with E-state index in [0.29, 0.717) is 25.9 Å². The van der Waals surface area contributed by atoms with Crippen LogP contribution >= 0.6 is 0 Å².